The van der Waals surface area contributed by atoms with Gasteiger partial charge in [0.05, 0.1) is 30.5 Å². The van der Waals surface area contributed by atoms with Gasteiger partial charge in [-0.25, -0.2) is 0 Å². The number of benzene rings is 6. The van der Waals surface area contributed by atoms with E-state index < -0.39 is 21.8 Å². The number of imidazole rings is 1. The summed E-state index contributed by atoms with van der Waals surface area (Å²) in [5, 5.41) is 2.98. The second kappa shape index (κ2) is 17.1. The van der Waals surface area contributed by atoms with Crippen molar-refractivity contribution < 1.29 is 35.5 Å². The minimum absolute atomic E-state index is 0. The van der Waals surface area contributed by atoms with Crippen LogP contribution in [0.4, 0.5) is 0 Å². The largest absolute Gasteiger partial charge is 0.501 e. The number of aromatic nitrogens is 3. The van der Waals surface area contributed by atoms with E-state index in [1.54, 1.807) is 12.1 Å². The van der Waals surface area contributed by atoms with Crippen LogP contribution in [0.15, 0.2) is 138 Å². The number of furan rings is 1. The molecule has 0 saturated heterocycles. The van der Waals surface area contributed by atoms with Crippen LogP contribution < -0.4 is 5.19 Å². The van der Waals surface area contributed by atoms with E-state index in [4.69, 9.17) is 20.4 Å². The first-order valence-corrected chi connectivity index (χ1v) is 23.2. The Morgan fingerprint density at radius 2 is 1.47 bits per heavy atom. The van der Waals surface area contributed by atoms with Gasteiger partial charge in [0.25, 0.3) is 0 Å². The monoisotopic (exact) mass is 974 g/mol. The van der Waals surface area contributed by atoms with Crippen molar-refractivity contribution in [1.29, 1.82) is 0 Å². The summed E-state index contributed by atoms with van der Waals surface area (Å²) >= 11 is 0. The van der Waals surface area contributed by atoms with E-state index in [2.05, 4.69) is 118 Å². The zero-order valence-electron chi connectivity index (χ0n) is 42.3. The number of hydrogen-bond donors (Lipinski definition) is 0. The fourth-order valence-electron chi connectivity index (χ4n) is 7.42. The van der Waals surface area contributed by atoms with Crippen molar-refractivity contribution in [3.63, 3.8) is 0 Å². The van der Waals surface area contributed by atoms with Gasteiger partial charge in [0.2, 0.25) is 0 Å². The first kappa shape index (κ1) is 32.5. The summed E-state index contributed by atoms with van der Waals surface area (Å²) in [5.41, 5.74) is 10.8. The van der Waals surface area contributed by atoms with Crippen LogP contribution in [0.2, 0.25) is 19.6 Å². The second-order valence-corrected chi connectivity index (χ2v) is 21.4. The first-order valence-electron chi connectivity index (χ1n) is 23.7. The number of pyridine rings is 1. The van der Waals surface area contributed by atoms with Crippen molar-refractivity contribution >= 4 is 46.2 Å². The molecule has 0 aliphatic rings. The van der Waals surface area contributed by atoms with E-state index >= 15 is 0 Å². The standard InChI is InChI=1S/C38H33N2O.C15H18NSi.Ir/c1-23(2)31-21-27(26-12-7-6-8-13-26)22-32(24(3)4)36(31)40-34-17-10-9-16-33(34)39-38(40)30-15-11-14-29-28-19-18-25(5)20-35(28)41-37(29)30;1-12-5-7-13(8-6-12)15-10-9-14(11-16-15)17(2,3)4;/h6-14,16-24H,1-5H3;5-7,9-11H,1-4H3;/q2*-1;/i5D3;1D3,5D,6D;. The average molecular weight is 974 g/mol. The van der Waals surface area contributed by atoms with Crippen LogP contribution in [0.5, 0.6) is 0 Å². The summed E-state index contributed by atoms with van der Waals surface area (Å²) in [5.74, 6) is 1.22. The molecule has 0 spiro atoms. The molecule has 0 aliphatic carbocycles. The zero-order chi connectivity index (χ0) is 47.5. The molecule has 3 aromatic heterocycles. The third-order valence-corrected chi connectivity index (χ3v) is 12.6. The van der Waals surface area contributed by atoms with Gasteiger partial charge in [-0.05, 0) is 87.7 Å². The average Bonchev–Trinajstić information content (AvgIpc) is 3.83. The minimum Gasteiger partial charge on any atom is -0.501 e. The van der Waals surface area contributed by atoms with Gasteiger partial charge in [0.1, 0.15) is 5.58 Å². The molecule has 6 heteroatoms. The molecule has 0 unspecified atom stereocenters. The second-order valence-electron chi connectivity index (χ2n) is 16.4. The number of nitrogens with zero attached hydrogens (tertiary/aromatic N) is 3. The van der Waals surface area contributed by atoms with Crippen molar-refractivity contribution in [2.24, 2.45) is 0 Å². The van der Waals surface area contributed by atoms with Crippen LogP contribution in [0, 0.1) is 25.8 Å². The Kier molecular flexibility index (Phi) is 9.39. The number of fused-ring (bicyclic) bond motifs is 4. The minimum atomic E-state index is -2.47. The van der Waals surface area contributed by atoms with Gasteiger partial charge in [0.15, 0.2) is 0 Å². The molecule has 59 heavy (non-hydrogen) atoms. The van der Waals surface area contributed by atoms with E-state index in [9.17, 15) is 0 Å². The SMILES string of the molecule is [2H]C([2H])([2H])c1ccc2c(c1)oc1c(-c3nc4ccccc4n3-c3c(C(C)C)cc(-c4ccccc4)cc3C(C)C)[c-]ccc12.[2H]c1[c-]c(-c2ccc([Si](C)(C)C)cn2)cc([2H])c1C([2H])([2H])[2H].[Ir]. The molecule has 0 aliphatic heterocycles. The van der Waals surface area contributed by atoms with Crippen LogP contribution >= 0.6 is 0 Å². The molecule has 299 valence electrons. The molecular formula is C53H51IrN3OSi-2. The van der Waals surface area contributed by atoms with Crippen molar-refractivity contribution in [2.75, 3.05) is 0 Å². The number of hydrogen-bond acceptors (Lipinski definition) is 3. The molecule has 0 bridgehead atoms. The molecule has 1 radical (unpaired) electrons. The van der Waals surface area contributed by atoms with Gasteiger partial charge in [-0.1, -0.05) is 132 Å². The van der Waals surface area contributed by atoms with Crippen LogP contribution in [0.3, 0.4) is 0 Å². The summed E-state index contributed by atoms with van der Waals surface area (Å²) in [6.07, 6.45) is 1.82. The predicted octanol–water partition coefficient (Wildman–Crippen LogP) is 14.0. The Morgan fingerprint density at radius 1 is 0.746 bits per heavy atom. The number of aryl methyl sites for hydroxylation is 1. The van der Waals surface area contributed by atoms with Gasteiger partial charge in [0, 0.05) is 48.3 Å². The summed E-state index contributed by atoms with van der Waals surface area (Å²) in [7, 11) is -1.43. The van der Waals surface area contributed by atoms with Crippen molar-refractivity contribution in [2.45, 2.75) is 72.9 Å². The summed E-state index contributed by atoms with van der Waals surface area (Å²) in [6.45, 7) is 11.0. The van der Waals surface area contributed by atoms with Crippen LogP contribution in [-0.2, 0) is 20.1 Å². The first-order chi connectivity index (χ1) is 31.1. The van der Waals surface area contributed by atoms with Crippen molar-refractivity contribution in [1.82, 2.24) is 14.5 Å². The molecule has 3 heterocycles. The molecule has 9 aromatic rings. The zero-order valence-corrected chi connectivity index (χ0v) is 37.7. The third-order valence-electron chi connectivity index (χ3n) is 10.5. The summed E-state index contributed by atoms with van der Waals surface area (Å²) < 4.78 is 70.3. The quantitative estimate of drug-likeness (QED) is 0.118. The van der Waals surface area contributed by atoms with Crippen molar-refractivity contribution in [3.05, 3.63) is 168 Å². The molecular weight excluding hydrogens is 915 g/mol. The number of rotatable bonds is 7. The Hall–Kier alpha value is -5.39. The number of para-hydroxylation sites is 2. The maximum atomic E-state index is 7.90. The molecule has 9 rings (SSSR count). The van der Waals surface area contributed by atoms with Gasteiger partial charge in [-0.3, -0.25) is 4.98 Å². The van der Waals surface area contributed by atoms with E-state index in [0.717, 1.165) is 38.9 Å². The van der Waals surface area contributed by atoms with Crippen LogP contribution in [-0.4, -0.2) is 22.6 Å². The molecule has 0 saturated carbocycles. The van der Waals surface area contributed by atoms with E-state index in [-0.39, 0.29) is 55.2 Å². The maximum absolute atomic E-state index is 7.90. The van der Waals surface area contributed by atoms with Crippen LogP contribution in [0.1, 0.15) is 72.8 Å². The van der Waals surface area contributed by atoms with Crippen LogP contribution in [0.25, 0.3) is 72.4 Å². The Morgan fingerprint density at radius 3 is 2.14 bits per heavy atom. The predicted molar refractivity (Wildman–Crippen MR) is 247 cm³/mol. The Labute approximate surface area is 375 Å². The van der Waals surface area contributed by atoms with Crippen molar-refractivity contribution in [3.8, 4) is 39.5 Å². The smallest absolute Gasteiger partial charge is 0.121 e. The summed E-state index contributed by atoms with van der Waals surface area (Å²) in [6, 6.07) is 43.4. The van der Waals surface area contributed by atoms with E-state index in [0.29, 0.717) is 22.4 Å². The third kappa shape index (κ3) is 8.40. The normalized spacial score (nSPS) is 14.1. The maximum Gasteiger partial charge on any atom is 0.121 e. The van der Waals surface area contributed by atoms with E-state index in [1.165, 1.54) is 33.5 Å². The molecule has 4 nitrogen and oxygen atoms in total. The summed E-state index contributed by atoms with van der Waals surface area (Å²) in [4.78, 5) is 9.59. The fourth-order valence-corrected chi connectivity index (χ4v) is 8.46. The Bertz CT molecular complexity index is 3190. The fraction of sp³-hybridized carbons (Fsp3) is 0.208. The van der Waals surface area contributed by atoms with Gasteiger partial charge >= 0.3 is 0 Å². The van der Waals surface area contributed by atoms with E-state index in [1.807, 2.05) is 54.7 Å². The molecule has 6 aromatic carbocycles. The van der Waals surface area contributed by atoms with Gasteiger partial charge in [-0.15, -0.1) is 53.5 Å². The molecule has 0 amide bonds. The Balaban J connectivity index is 0.000000245. The van der Waals surface area contributed by atoms with Gasteiger partial charge < -0.3 is 14.0 Å². The van der Waals surface area contributed by atoms with Gasteiger partial charge in [-0.2, -0.15) is 0 Å². The molecule has 0 atom stereocenters. The topological polar surface area (TPSA) is 43.9 Å². The molecule has 0 fully saturated rings. The molecule has 0 N–H and O–H groups in total.